The largest absolute Gasteiger partial charge is 0.462 e. The fourth-order valence-electron chi connectivity index (χ4n) is 3.87. The van der Waals surface area contributed by atoms with Crippen LogP contribution in [0, 0.1) is 5.92 Å². The highest BCUT2D eigenvalue weighted by Gasteiger charge is 2.28. The number of nitrogens with one attached hydrogen (secondary N) is 1. The summed E-state index contributed by atoms with van der Waals surface area (Å²) in [6, 6.07) is 11.8. The number of nitrogens with zero attached hydrogens (tertiary/aromatic N) is 4. The van der Waals surface area contributed by atoms with Crippen LogP contribution in [-0.4, -0.2) is 57.4 Å². The molecule has 1 N–H and O–H groups in total. The van der Waals surface area contributed by atoms with Crippen LogP contribution in [0.25, 0.3) is 11.0 Å². The zero-order chi connectivity index (χ0) is 22.7. The number of carbonyl (C=O) groups excluding carboxylic acids is 3. The van der Waals surface area contributed by atoms with Gasteiger partial charge in [-0.1, -0.05) is 5.21 Å². The Labute approximate surface area is 185 Å². The van der Waals surface area contributed by atoms with Crippen molar-refractivity contribution in [2.75, 3.05) is 25.0 Å². The number of amides is 2. The molecule has 32 heavy (non-hydrogen) atoms. The van der Waals surface area contributed by atoms with Gasteiger partial charge in [0, 0.05) is 37.3 Å². The molecule has 0 spiro atoms. The molecule has 0 saturated carbocycles. The highest BCUT2D eigenvalue weighted by atomic mass is 16.5. The minimum absolute atomic E-state index is 0.0858. The van der Waals surface area contributed by atoms with Crippen molar-refractivity contribution in [3.8, 4) is 0 Å². The summed E-state index contributed by atoms with van der Waals surface area (Å²) in [6.45, 7) is 3.06. The molecule has 166 valence electrons. The van der Waals surface area contributed by atoms with Gasteiger partial charge in [-0.2, -0.15) is 0 Å². The van der Waals surface area contributed by atoms with Gasteiger partial charge in [0.2, 0.25) is 0 Å². The van der Waals surface area contributed by atoms with Crippen molar-refractivity contribution in [1.82, 2.24) is 19.9 Å². The number of benzene rings is 2. The van der Waals surface area contributed by atoms with E-state index in [0.717, 1.165) is 11.0 Å². The quantitative estimate of drug-likeness (QED) is 0.487. The number of rotatable bonds is 5. The zero-order valence-corrected chi connectivity index (χ0v) is 18.1. The van der Waals surface area contributed by atoms with Crippen molar-refractivity contribution >= 4 is 34.5 Å². The summed E-state index contributed by atoms with van der Waals surface area (Å²) in [4.78, 5) is 39.0. The molecule has 1 aliphatic rings. The minimum atomic E-state index is -0.393. The van der Waals surface area contributed by atoms with Crippen molar-refractivity contribution in [2.45, 2.75) is 19.8 Å². The molecule has 3 aromatic rings. The van der Waals surface area contributed by atoms with E-state index in [1.807, 2.05) is 12.1 Å². The number of aromatic nitrogens is 3. The van der Waals surface area contributed by atoms with Crippen molar-refractivity contribution < 1.29 is 19.1 Å². The first-order valence-electron chi connectivity index (χ1n) is 10.6. The highest BCUT2D eigenvalue weighted by molar-refractivity contribution is 6.00. The fraction of sp³-hybridized carbons (Fsp3) is 0.348. The molecule has 1 aromatic heterocycles. The van der Waals surface area contributed by atoms with Gasteiger partial charge in [-0.3, -0.25) is 4.79 Å². The molecule has 2 heterocycles. The summed E-state index contributed by atoms with van der Waals surface area (Å²) >= 11 is 0. The second-order valence-corrected chi connectivity index (χ2v) is 7.77. The van der Waals surface area contributed by atoms with E-state index in [-0.39, 0.29) is 17.7 Å². The summed E-state index contributed by atoms with van der Waals surface area (Å²) in [5.74, 6) is -0.430. The Balaban J connectivity index is 1.32. The van der Waals surface area contributed by atoms with Gasteiger partial charge in [0.05, 0.1) is 17.7 Å². The molecular formula is C23H25N5O4. The molecule has 9 nitrogen and oxygen atoms in total. The number of hydrogen-bond acceptors (Lipinski definition) is 6. The molecule has 0 unspecified atom stereocenters. The zero-order valence-electron chi connectivity index (χ0n) is 18.1. The Bertz CT molecular complexity index is 1150. The Morgan fingerprint density at radius 2 is 1.75 bits per heavy atom. The van der Waals surface area contributed by atoms with E-state index in [1.54, 1.807) is 53.9 Å². The van der Waals surface area contributed by atoms with Gasteiger partial charge in [-0.15, -0.1) is 5.10 Å². The molecule has 1 saturated heterocycles. The molecule has 1 aliphatic heterocycles. The average Bonchev–Trinajstić information content (AvgIpc) is 3.19. The molecular weight excluding hydrogens is 410 g/mol. The third kappa shape index (κ3) is 4.46. The maximum atomic E-state index is 13.0. The van der Waals surface area contributed by atoms with Crippen LogP contribution in [-0.2, 0) is 11.8 Å². The molecule has 2 aromatic carbocycles. The van der Waals surface area contributed by atoms with E-state index >= 15 is 0 Å². The van der Waals surface area contributed by atoms with E-state index < -0.39 is 5.97 Å². The van der Waals surface area contributed by atoms with Gasteiger partial charge in [0.15, 0.2) is 5.78 Å². The summed E-state index contributed by atoms with van der Waals surface area (Å²) in [7, 11) is 1.80. The molecule has 0 radical (unpaired) electrons. The number of fused-ring (bicyclic) bond motifs is 1. The monoisotopic (exact) mass is 435 g/mol. The third-order valence-corrected chi connectivity index (χ3v) is 5.70. The van der Waals surface area contributed by atoms with E-state index in [4.69, 9.17) is 4.74 Å². The van der Waals surface area contributed by atoms with Gasteiger partial charge >= 0.3 is 12.0 Å². The van der Waals surface area contributed by atoms with Crippen LogP contribution in [0.5, 0.6) is 0 Å². The Hall–Kier alpha value is -3.75. The van der Waals surface area contributed by atoms with Crippen molar-refractivity contribution in [1.29, 1.82) is 0 Å². The van der Waals surface area contributed by atoms with Gasteiger partial charge in [0.25, 0.3) is 0 Å². The number of anilines is 1. The number of ketones is 1. The number of piperidine rings is 1. The van der Waals surface area contributed by atoms with Gasteiger partial charge in [-0.05, 0) is 62.2 Å². The number of carbonyl (C=O) groups is 3. The Morgan fingerprint density at radius 1 is 1.06 bits per heavy atom. The molecule has 0 aliphatic carbocycles. The normalized spacial score (nSPS) is 14.4. The van der Waals surface area contributed by atoms with Crippen molar-refractivity contribution in [3.05, 3.63) is 53.6 Å². The maximum Gasteiger partial charge on any atom is 0.338 e. The van der Waals surface area contributed by atoms with Crippen molar-refractivity contribution in [2.24, 2.45) is 13.0 Å². The fourth-order valence-corrected chi connectivity index (χ4v) is 3.87. The van der Waals surface area contributed by atoms with Gasteiger partial charge < -0.3 is 15.0 Å². The molecule has 1 fully saturated rings. The molecule has 9 heteroatoms. The number of aryl methyl sites for hydroxylation is 1. The van der Waals surface area contributed by atoms with Crippen LogP contribution in [0.1, 0.15) is 40.5 Å². The number of esters is 1. The van der Waals surface area contributed by atoms with E-state index in [0.29, 0.717) is 49.4 Å². The first-order chi connectivity index (χ1) is 15.5. The standard InChI is InChI=1S/C23H25N5O4/c1-3-32-22(30)16-4-7-18(8-5-16)24-23(31)28-12-10-15(11-13-28)21(29)17-6-9-19-20(14-17)27(2)26-25-19/h4-9,14-15H,3,10-13H2,1-2H3,(H,24,31). The van der Waals surface area contributed by atoms with E-state index in [9.17, 15) is 14.4 Å². The van der Waals surface area contributed by atoms with Crippen LogP contribution in [0.3, 0.4) is 0 Å². The van der Waals surface area contributed by atoms with E-state index in [2.05, 4.69) is 15.6 Å². The summed E-state index contributed by atoms with van der Waals surface area (Å²) in [5.41, 5.74) is 3.25. The van der Waals surface area contributed by atoms with Crippen molar-refractivity contribution in [3.63, 3.8) is 0 Å². The lowest BCUT2D eigenvalue weighted by Gasteiger charge is -2.31. The lowest BCUT2D eigenvalue weighted by Crippen LogP contribution is -2.42. The number of urea groups is 1. The average molecular weight is 435 g/mol. The van der Waals surface area contributed by atoms with Crippen LogP contribution in [0.2, 0.25) is 0 Å². The van der Waals surface area contributed by atoms with Crippen LogP contribution in [0.4, 0.5) is 10.5 Å². The summed E-state index contributed by atoms with van der Waals surface area (Å²) in [5, 5.41) is 10.9. The lowest BCUT2D eigenvalue weighted by atomic mass is 9.89. The van der Waals surface area contributed by atoms with Crippen LogP contribution < -0.4 is 5.32 Å². The first-order valence-corrected chi connectivity index (χ1v) is 10.6. The summed E-state index contributed by atoms with van der Waals surface area (Å²) in [6.07, 6.45) is 1.21. The highest BCUT2D eigenvalue weighted by Crippen LogP contribution is 2.24. The predicted molar refractivity (Wildman–Crippen MR) is 119 cm³/mol. The number of ether oxygens (including phenoxy) is 1. The minimum Gasteiger partial charge on any atom is -0.462 e. The number of hydrogen-bond donors (Lipinski definition) is 1. The van der Waals surface area contributed by atoms with Gasteiger partial charge in [-0.25, -0.2) is 14.3 Å². The smallest absolute Gasteiger partial charge is 0.338 e. The molecule has 0 atom stereocenters. The van der Waals surface area contributed by atoms with Crippen LogP contribution >= 0.6 is 0 Å². The second-order valence-electron chi connectivity index (χ2n) is 7.77. The third-order valence-electron chi connectivity index (χ3n) is 5.70. The molecule has 0 bridgehead atoms. The Kier molecular flexibility index (Phi) is 6.16. The SMILES string of the molecule is CCOC(=O)c1ccc(NC(=O)N2CCC(C(=O)c3ccc4nnn(C)c4c3)CC2)cc1. The van der Waals surface area contributed by atoms with Crippen LogP contribution in [0.15, 0.2) is 42.5 Å². The van der Waals surface area contributed by atoms with Gasteiger partial charge in [0.1, 0.15) is 5.52 Å². The lowest BCUT2D eigenvalue weighted by molar-refractivity contribution is 0.0526. The topological polar surface area (TPSA) is 106 Å². The second kappa shape index (κ2) is 9.17. The first kappa shape index (κ1) is 21.5. The predicted octanol–water partition coefficient (Wildman–Crippen LogP) is 3.27. The number of likely N-dealkylation sites (tertiary alicyclic amines) is 1. The Morgan fingerprint density at radius 3 is 2.44 bits per heavy atom. The molecule has 4 rings (SSSR count). The summed E-state index contributed by atoms with van der Waals surface area (Å²) < 4.78 is 6.61. The van der Waals surface area contributed by atoms with E-state index in [1.165, 1.54) is 0 Å². The maximum absolute atomic E-state index is 13.0. The molecule has 2 amide bonds. The number of Topliss-reactive ketones (excluding diaryl/α,β-unsaturated/α-hetero) is 1.